The zero-order valence-corrected chi connectivity index (χ0v) is 13.5. The molecule has 2 aromatic rings. The lowest BCUT2D eigenvalue weighted by Gasteiger charge is -2.30. The minimum atomic E-state index is -3.86. The Bertz CT molecular complexity index is 815. The first-order chi connectivity index (χ1) is 10.4. The molecule has 0 radical (unpaired) electrons. The van der Waals surface area contributed by atoms with Gasteiger partial charge in [-0.25, -0.2) is 8.42 Å². The van der Waals surface area contributed by atoms with E-state index >= 15 is 0 Å². The molecule has 5 nitrogen and oxygen atoms in total. The second kappa shape index (κ2) is 5.53. The number of halogens is 2. The van der Waals surface area contributed by atoms with Crippen LogP contribution < -0.4 is 9.04 Å². The number of rotatable bonds is 2. The van der Waals surface area contributed by atoms with Crippen molar-refractivity contribution in [1.29, 1.82) is 0 Å². The third-order valence-corrected chi connectivity index (χ3v) is 5.63. The van der Waals surface area contributed by atoms with E-state index in [9.17, 15) is 13.5 Å². The van der Waals surface area contributed by atoms with Crippen molar-refractivity contribution in [2.75, 3.05) is 17.5 Å². The molecule has 3 rings (SSSR count). The number of benzene rings is 2. The third-order valence-electron chi connectivity index (χ3n) is 3.26. The first kappa shape index (κ1) is 15.3. The van der Waals surface area contributed by atoms with Crippen LogP contribution in [0.1, 0.15) is 0 Å². The van der Waals surface area contributed by atoms with Crippen LogP contribution in [0.25, 0.3) is 0 Å². The average molecular weight is 360 g/mol. The normalized spacial score (nSPS) is 14.4. The van der Waals surface area contributed by atoms with Crippen LogP contribution in [0.2, 0.25) is 10.0 Å². The topological polar surface area (TPSA) is 66.8 Å². The van der Waals surface area contributed by atoms with Gasteiger partial charge in [-0.2, -0.15) is 0 Å². The highest BCUT2D eigenvalue weighted by Gasteiger charge is 2.30. The largest absolute Gasteiger partial charge is 0.505 e. The van der Waals surface area contributed by atoms with Crippen molar-refractivity contribution in [3.63, 3.8) is 0 Å². The first-order valence-corrected chi connectivity index (χ1v) is 8.53. The molecular formula is C14H11Cl2NO4S. The molecule has 0 aliphatic carbocycles. The molecule has 0 aromatic heterocycles. The summed E-state index contributed by atoms with van der Waals surface area (Å²) in [5.74, 6) is 0.151. The molecule has 0 spiro atoms. The van der Waals surface area contributed by atoms with Crippen LogP contribution in [0.15, 0.2) is 41.3 Å². The number of nitrogens with zero attached hydrogens (tertiary/aromatic N) is 1. The van der Waals surface area contributed by atoms with E-state index in [1.165, 1.54) is 16.4 Å². The SMILES string of the molecule is O=S(=O)(c1cc(Cl)c(O)c(Cl)c1)N1CCOc2ccccc21. The number of ether oxygens (including phenoxy) is 1. The monoisotopic (exact) mass is 359 g/mol. The second-order valence-corrected chi connectivity index (χ2v) is 7.31. The van der Waals surface area contributed by atoms with E-state index in [1.807, 2.05) is 0 Å². The Hall–Kier alpha value is -1.63. The highest BCUT2D eigenvalue weighted by atomic mass is 35.5. The van der Waals surface area contributed by atoms with E-state index in [1.54, 1.807) is 24.3 Å². The Morgan fingerprint density at radius 2 is 1.77 bits per heavy atom. The molecule has 0 fully saturated rings. The van der Waals surface area contributed by atoms with Gasteiger partial charge in [0.05, 0.1) is 27.2 Å². The Kier molecular flexibility index (Phi) is 3.84. The summed E-state index contributed by atoms with van der Waals surface area (Å²) >= 11 is 11.6. The summed E-state index contributed by atoms with van der Waals surface area (Å²) in [6.07, 6.45) is 0. The minimum absolute atomic E-state index is 0.0861. The molecular weight excluding hydrogens is 349 g/mol. The van der Waals surface area contributed by atoms with E-state index in [-0.39, 0.29) is 33.8 Å². The van der Waals surface area contributed by atoms with Gasteiger partial charge in [0.25, 0.3) is 10.0 Å². The third kappa shape index (κ3) is 2.47. The Labute approximate surface area is 137 Å². The van der Waals surface area contributed by atoms with Crippen LogP contribution in [-0.2, 0) is 10.0 Å². The van der Waals surface area contributed by atoms with Crippen LogP contribution in [0, 0.1) is 0 Å². The van der Waals surface area contributed by atoms with E-state index < -0.39 is 10.0 Å². The second-order valence-electron chi connectivity index (χ2n) is 4.63. The molecule has 0 atom stereocenters. The molecule has 8 heteroatoms. The Balaban J connectivity index is 2.12. The lowest BCUT2D eigenvalue weighted by atomic mass is 10.2. The number of phenols is 1. The summed E-state index contributed by atoms with van der Waals surface area (Å²) in [6, 6.07) is 9.21. The number of anilines is 1. The van der Waals surface area contributed by atoms with Crippen LogP contribution in [0.3, 0.4) is 0 Å². The quantitative estimate of drug-likeness (QED) is 0.893. The predicted octanol–water partition coefficient (Wildman–Crippen LogP) is 3.29. The summed E-state index contributed by atoms with van der Waals surface area (Å²) in [4.78, 5) is -0.0861. The smallest absolute Gasteiger partial charge is 0.264 e. The van der Waals surface area contributed by atoms with Gasteiger partial charge >= 0.3 is 0 Å². The molecule has 0 amide bonds. The van der Waals surface area contributed by atoms with Gasteiger partial charge in [0.1, 0.15) is 12.4 Å². The molecule has 1 aliphatic heterocycles. The molecule has 1 aliphatic rings. The summed E-state index contributed by atoms with van der Waals surface area (Å²) in [5.41, 5.74) is 0.453. The van der Waals surface area contributed by atoms with E-state index in [2.05, 4.69) is 0 Å². The highest BCUT2D eigenvalue weighted by molar-refractivity contribution is 7.92. The van der Waals surface area contributed by atoms with Crippen LogP contribution in [-0.4, -0.2) is 26.7 Å². The van der Waals surface area contributed by atoms with Gasteiger partial charge in [0.15, 0.2) is 5.75 Å². The van der Waals surface area contributed by atoms with Crippen molar-refractivity contribution < 1.29 is 18.3 Å². The predicted molar refractivity (Wildman–Crippen MR) is 84.6 cm³/mol. The summed E-state index contributed by atoms with van der Waals surface area (Å²) in [6.45, 7) is 0.422. The highest BCUT2D eigenvalue weighted by Crippen LogP contribution is 2.38. The van der Waals surface area contributed by atoms with Crippen molar-refractivity contribution in [1.82, 2.24) is 0 Å². The maximum atomic E-state index is 12.8. The van der Waals surface area contributed by atoms with Gasteiger partial charge in [-0.15, -0.1) is 0 Å². The number of aromatic hydroxyl groups is 1. The van der Waals surface area contributed by atoms with E-state index in [4.69, 9.17) is 27.9 Å². The molecule has 0 saturated carbocycles. The van der Waals surface area contributed by atoms with Crippen molar-refractivity contribution >= 4 is 38.9 Å². The van der Waals surface area contributed by atoms with Crippen molar-refractivity contribution in [3.8, 4) is 11.5 Å². The fourth-order valence-electron chi connectivity index (χ4n) is 2.21. The maximum Gasteiger partial charge on any atom is 0.264 e. The zero-order valence-electron chi connectivity index (χ0n) is 11.2. The Morgan fingerprint density at radius 3 is 2.45 bits per heavy atom. The van der Waals surface area contributed by atoms with Crippen molar-refractivity contribution in [3.05, 3.63) is 46.4 Å². The number of para-hydroxylation sites is 2. The average Bonchev–Trinajstić information content (AvgIpc) is 2.51. The summed E-state index contributed by atoms with van der Waals surface area (Å²) in [5, 5.41) is 9.34. The number of hydrogen-bond donors (Lipinski definition) is 1. The van der Waals surface area contributed by atoms with Gasteiger partial charge in [-0.1, -0.05) is 35.3 Å². The number of fused-ring (bicyclic) bond motifs is 1. The number of sulfonamides is 1. The molecule has 2 aromatic carbocycles. The fourth-order valence-corrected chi connectivity index (χ4v) is 4.34. The fraction of sp³-hybridized carbons (Fsp3) is 0.143. The van der Waals surface area contributed by atoms with Crippen LogP contribution in [0.5, 0.6) is 11.5 Å². The van der Waals surface area contributed by atoms with Crippen molar-refractivity contribution in [2.45, 2.75) is 4.90 Å². The molecule has 1 heterocycles. The van der Waals surface area contributed by atoms with Gasteiger partial charge < -0.3 is 9.84 Å². The number of phenolic OH excluding ortho intramolecular Hbond substituents is 1. The Morgan fingerprint density at radius 1 is 1.14 bits per heavy atom. The molecule has 0 saturated heterocycles. The van der Waals surface area contributed by atoms with Gasteiger partial charge in [-0.05, 0) is 24.3 Å². The van der Waals surface area contributed by atoms with Gasteiger partial charge in [0, 0.05) is 0 Å². The lowest BCUT2D eigenvalue weighted by molar-refractivity contribution is 0.316. The lowest BCUT2D eigenvalue weighted by Crippen LogP contribution is -2.37. The molecule has 1 N–H and O–H groups in total. The molecule has 0 bridgehead atoms. The summed E-state index contributed by atoms with van der Waals surface area (Å²) < 4.78 is 32.4. The standard InChI is InChI=1S/C14H11Cl2NO4S/c15-10-7-9(8-11(16)14(10)18)22(19,20)17-5-6-21-13-4-2-1-3-12(13)17/h1-4,7-8,18H,5-6H2. The van der Waals surface area contributed by atoms with Crippen molar-refractivity contribution in [2.24, 2.45) is 0 Å². The van der Waals surface area contributed by atoms with Gasteiger partial charge in [-0.3, -0.25) is 4.31 Å². The molecule has 116 valence electrons. The first-order valence-electron chi connectivity index (χ1n) is 6.34. The van der Waals surface area contributed by atoms with Crippen LogP contribution >= 0.6 is 23.2 Å². The maximum absolute atomic E-state index is 12.8. The van der Waals surface area contributed by atoms with Crippen LogP contribution in [0.4, 0.5) is 5.69 Å². The zero-order chi connectivity index (χ0) is 15.9. The minimum Gasteiger partial charge on any atom is -0.505 e. The molecule has 22 heavy (non-hydrogen) atoms. The van der Waals surface area contributed by atoms with E-state index in [0.717, 1.165) is 0 Å². The molecule has 0 unspecified atom stereocenters. The number of hydrogen-bond acceptors (Lipinski definition) is 4. The van der Waals surface area contributed by atoms with Gasteiger partial charge in [0.2, 0.25) is 0 Å². The summed E-state index contributed by atoms with van der Waals surface area (Å²) in [7, 11) is -3.86. The van der Waals surface area contributed by atoms with E-state index in [0.29, 0.717) is 11.4 Å².